The highest BCUT2D eigenvalue weighted by molar-refractivity contribution is 8.19. The van der Waals surface area contributed by atoms with Crippen LogP contribution < -0.4 is 14.4 Å². The molecule has 0 spiro atoms. The number of anilines is 1. The summed E-state index contributed by atoms with van der Waals surface area (Å²) in [6.45, 7) is 6.40. The summed E-state index contributed by atoms with van der Waals surface area (Å²) >= 11 is 14.0. The maximum atomic E-state index is 13.8. The fraction of sp³-hybridized carbons (Fsp3) is 0.152. The lowest BCUT2D eigenvalue weighted by Gasteiger charge is -2.16. The van der Waals surface area contributed by atoms with Crippen molar-refractivity contribution in [3.05, 3.63) is 122 Å². The van der Waals surface area contributed by atoms with E-state index in [1.807, 2.05) is 57.2 Å². The van der Waals surface area contributed by atoms with Crippen molar-refractivity contribution in [2.75, 3.05) is 11.5 Å². The third-order valence-corrected chi connectivity index (χ3v) is 8.26. The van der Waals surface area contributed by atoms with Crippen molar-refractivity contribution in [2.24, 2.45) is 4.99 Å². The Morgan fingerprint density at radius 3 is 2.29 bits per heavy atom. The van der Waals surface area contributed by atoms with Gasteiger partial charge in [-0.1, -0.05) is 53.5 Å². The number of amides is 1. The number of carbonyl (C=O) groups excluding carboxylic acids is 1. The zero-order chi connectivity index (χ0) is 29.8. The number of aliphatic imine (C=N–C) groups is 1. The van der Waals surface area contributed by atoms with Crippen LogP contribution in [0.2, 0.25) is 10.0 Å². The number of hydrogen-bond acceptors (Lipinski definition) is 5. The molecule has 214 valence electrons. The number of aryl methyl sites for hydroxylation is 2. The third-order valence-electron chi connectivity index (χ3n) is 6.47. The summed E-state index contributed by atoms with van der Waals surface area (Å²) in [7, 11) is 0. The van der Waals surface area contributed by atoms with E-state index in [9.17, 15) is 9.18 Å². The van der Waals surface area contributed by atoms with E-state index in [1.54, 1.807) is 41.3 Å². The largest absolute Gasteiger partial charge is 0.490 e. The van der Waals surface area contributed by atoms with Gasteiger partial charge in [0.1, 0.15) is 12.4 Å². The molecule has 0 aliphatic carbocycles. The molecule has 4 aromatic rings. The smallest absolute Gasteiger partial charge is 0.271 e. The number of benzene rings is 4. The number of carbonyl (C=O) groups is 1. The Balaban J connectivity index is 1.47. The zero-order valence-electron chi connectivity index (χ0n) is 23.2. The zero-order valence-corrected chi connectivity index (χ0v) is 25.5. The highest BCUT2D eigenvalue weighted by atomic mass is 35.5. The summed E-state index contributed by atoms with van der Waals surface area (Å²) in [5.74, 6) is 0.551. The van der Waals surface area contributed by atoms with Crippen LogP contribution in [0.15, 0.2) is 88.8 Å². The molecule has 1 amide bonds. The van der Waals surface area contributed by atoms with Gasteiger partial charge in [0.05, 0.1) is 22.9 Å². The highest BCUT2D eigenvalue weighted by Gasteiger charge is 2.35. The summed E-state index contributed by atoms with van der Waals surface area (Å²) in [6.07, 6.45) is 1.80. The first-order valence-corrected chi connectivity index (χ1v) is 14.8. The van der Waals surface area contributed by atoms with Gasteiger partial charge in [0.2, 0.25) is 0 Å². The summed E-state index contributed by atoms with van der Waals surface area (Å²) in [5.41, 5.74) is 4.67. The van der Waals surface area contributed by atoms with Crippen LogP contribution in [0.3, 0.4) is 0 Å². The van der Waals surface area contributed by atoms with E-state index in [1.165, 1.54) is 23.9 Å². The topological polar surface area (TPSA) is 51.1 Å². The highest BCUT2D eigenvalue weighted by Crippen LogP contribution is 2.40. The van der Waals surface area contributed by atoms with Crippen molar-refractivity contribution >= 4 is 63.5 Å². The Labute approximate surface area is 258 Å². The SMILES string of the molecule is CCOc1cc(/C=C2/SC(=Nc3ccc(C)c(Cl)c3)N(c3ccc(C)c(Cl)c3)C2=O)ccc1OCc1ccc(F)cc1. The Morgan fingerprint density at radius 2 is 1.60 bits per heavy atom. The molecule has 0 unspecified atom stereocenters. The van der Waals surface area contributed by atoms with E-state index in [4.69, 9.17) is 37.7 Å². The second kappa shape index (κ2) is 13.0. The summed E-state index contributed by atoms with van der Waals surface area (Å²) in [4.78, 5) is 20.6. The quantitative estimate of drug-likeness (QED) is 0.184. The lowest BCUT2D eigenvalue weighted by atomic mass is 10.1. The number of amidine groups is 1. The molecule has 1 aliphatic rings. The van der Waals surface area contributed by atoms with Crippen LogP contribution in [0.1, 0.15) is 29.2 Å². The van der Waals surface area contributed by atoms with Crippen molar-refractivity contribution in [3.63, 3.8) is 0 Å². The number of nitrogens with zero attached hydrogens (tertiary/aromatic N) is 2. The van der Waals surface area contributed by atoms with Gasteiger partial charge in [0, 0.05) is 10.0 Å². The Bertz CT molecular complexity index is 1710. The van der Waals surface area contributed by atoms with Crippen LogP contribution in [0.5, 0.6) is 11.5 Å². The van der Waals surface area contributed by atoms with Gasteiger partial charge in [0.25, 0.3) is 5.91 Å². The minimum Gasteiger partial charge on any atom is -0.490 e. The van der Waals surface area contributed by atoms with Gasteiger partial charge in [-0.15, -0.1) is 0 Å². The van der Waals surface area contributed by atoms with Crippen LogP contribution in [0.25, 0.3) is 6.08 Å². The molecular formula is C33H27Cl2FN2O3S. The van der Waals surface area contributed by atoms with Gasteiger partial charge in [-0.2, -0.15) is 0 Å². The molecule has 1 aliphatic heterocycles. The van der Waals surface area contributed by atoms with Gasteiger partial charge in [0.15, 0.2) is 16.7 Å². The van der Waals surface area contributed by atoms with Gasteiger partial charge in [-0.25, -0.2) is 9.38 Å². The number of ether oxygens (including phenoxy) is 2. The minimum atomic E-state index is -0.301. The number of halogens is 3. The van der Waals surface area contributed by atoms with Crippen molar-refractivity contribution < 1.29 is 18.7 Å². The van der Waals surface area contributed by atoms with Gasteiger partial charge < -0.3 is 9.47 Å². The Kier molecular flexibility index (Phi) is 9.21. The van der Waals surface area contributed by atoms with E-state index < -0.39 is 0 Å². The molecule has 4 aromatic carbocycles. The maximum Gasteiger partial charge on any atom is 0.271 e. The average Bonchev–Trinajstić information content (AvgIpc) is 3.26. The van der Waals surface area contributed by atoms with E-state index in [0.29, 0.717) is 49.6 Å². The van der Waals surface area contributed by atoms with Crippen molar-refractivity contribution in [1.29, 1.82) is 0 Å². The first kappa shape index (κ1) is 29.7. The molecule has 0 saturated carbocycles. The number of thioether (sulfide) groups is 1. The molecule has 0 atom stereocenters. The number of rotatable bonds is 8. The molecule has 0 bridgehead atoms. The Hall–Kier alpha value is -3.78. The van der Waals surface area contributed by atoms with Crippen LogP contribution in [0, 0.1) is 19.7 Å². The lowest BCUT2D eigenvalue weighted by molar-refractivity contribution is -0.113. The molecule has 1 fully saturated rings. The average molecular weight is 622 g/mol. The van der Waals surface area contributed by atoms with E-state index >= 15 is 0 Å². The minimum absolute atomic E-state index is 0.230. The molecule has 1 heterocycles. The van der Waals surface area contributed by atoms with Gasteiger partial charge in [-0.3, -0.25) is 9.69 Å². The van der Waals surface area contributed by atoms with Crippen molar-refractivity contribution in [3.8, 4) is 11.5 Å². The third kappa shape index (κ3) is 6.81. The molecule has 42 heavy (non-hydrogen) atoms. The predicted octanol–water partition coefficient (Wildman–Crippen LogP) is 9.54. The van der Waals surface area contributed by atoms with Crippen LogP contribution >= 0.6 is 35.0 Å². The summed E-state index contributed by atoms with van der Waals surface area (Å²) in [6, 6.07) is 22.6. The van der Waals surface area contributed by atoms with Gasteiger partial charge >= 0.3 is 0 Å². The molecule has 9 heteroatoms. The number of hydrogen-bond donors (Lipinski definition) is 0. The molecule has 0 radical (unpaired) electrons. The van der Waals surface area contributed by atoms with Crippen molar-refractivity contribution in [1.82, 2.24) is 0 Å². The van der Waals surface area contributed by atoms with Crippen molar-refractivity contribution in [2.45, 2.75) is 27.4 Å². The van der Waals surface area contributed by atoms with E-state index in [-0.39, 0.29) is 18.3 Å². The molecule has 0 aromatic heterocycles. The first-order valence-electron chi connectivity index (χ1n) is 13.2. The molecule has 5 nitrogen and oxygen atoms in total. The standard InChI is InChI=1S/C33H27Cl2FN2O3S/c1-4-40-30-15-23(9-14-29(30)41-19-22-7-10-24(36)11-8-22)16-31-32(39)38(26-13-6-21(3)28(35)18-26)33(42-31)37-25-12-5-20(2)27(34)17-25/h5-18H,4,19H2,1-3H3/b31-16+,37-33?. The fourth-order valence-corrected chi connectivity index (χ4v) is 5.50. The molecule has 1 saturated heterocycles. The maximum absolute atomic E-state index is 13.8. The summed E-state index contributed by atoms with van der Waals surface area (Å²) in [5, 5.41) is 1.63. The normalized spacial score (nSPS) is 15.1. The summed E-state index contributed by atoms with van der Waals surface area (Å²) < 4.78 is 25.1. The molecular weight excluding hydrogens is 594 g/mol. The van der Waals surface area contributed by atoms with Crippen LogP contribution in [0.4, 0.5) is 15.8 Å². The predicted molar refractivity (Wildman–Crippen MR) is 171 cm³/mol. The fourth-order valence-electron chi connectivity index (χ4n) is 4.15. The van der Waals surface area contributed by atoms with Crippen LogP contribution in [-0.4, -0.2) is 17.7 Å². The monoisotopic (exact) mass is 620 g/mol. The second-order valence-corrected chi connectivity index (χ2v) is 11.4. The Morgan fingerprint density at radius 1 is 0.881 bits per heavy atom. The second-order valence-electron chi connectivity index (χ2n) is 9.57. The first-order chi connectivity index (χ1) is 20.2. The molecule has 5 rings (SSSR count). The van der Waals surface area contributed by atoms with E-state index in [2.05, 4.69) is 0 Å². The lowest BCUT2D eigenvalue weighted by Crippen LogP contribution is -2.28. The van der Waals surface area contributed by atoms with E-state index in [0.717, 1.165) is 22.3 Å². The van der Waals surface area contributed by atoms with Gasteiger partial charge in [-0.05, 0) is 109 Å². The molecule has 0 N–H and O–H groups in total. The van der Waals surface area contributed by atoms with Crippen LogP contribution in [-0.2, 0) is 11.4 Å².